The lowest BCUT2D eigenvalue weighted by Gasteiger charge is -2.30. The molecule has 0 heterocycles. The maximum atomic E-state index is 12.7. The molecule has 0 aliphatic carbocycles. The Morgan fingerprint density at radius 3 is 2.38 bits per heavy atom. The first-order chi connectivity index (χ1) is 10.0. The predicted molar refractivity (Wildman–Crippen MR) is 81.9 cm³/mol. The van der Waals surface area contributed by atoms with Crippen LogP contribution < -0.4 is 0 Å². The quantitative estimate of drug-likeness (QED) is 0.660. The molecule has 2 nitrogen and oxygen atoms in total. The van der Waals surface area contributed by atoms with Crippen molar-refractivity contribution in [3.63, 3.8) is 0 Å². The Kier molecular flexibility index (Phi) is 7.65. The number of hydrogen-bond donors (Lipinski definition) is 0. The van der Waals surface area contributed by atoms with E-state index in [0.717, 1.165) is 12.0 Å². The molecule has 1 aromatic rings. The molecule has 5 heteroatoms. The van der Waals surface area contributed by atoms with Gasteiger partial charge in [-0.3, -0.25) is 4.79 Å². The van der Waals surface area contributed by atoms with E-state index in [4.69, 9.17) is 11.6 Å². The summed E-state index contributed by atoms with van der Waals surface area (Å²) in [5.41, 5.74) is 0.866. The number of carbonyl (C=O) groups is 1. The maximum absolute atomic E-state index is 12.7. The van der Waals surface area contributed by atoms with Crippen LogP contribution in [0.3, 0.4) is 0 Å². The van der Waals surface area contributed by atoms with Gasteiger partial charge >= 0.3 is 0 Å². The third-order valence-corrected chi connectivity index (χ3v) is 3.83. The highest BCUT2D eigenvalue weighted by Crippen LogP contribution is 2.29. The largest absolute Gasteiger partial charge is 0.335 e. The molecule has 0 aliphatic heterocycles. The average Bonchev–Trinajstić information content (AvgIpc) is 2.47. The standard InChI is InChI=1S/C16H22ClF2NO/c1-3-12(2)15(13-7-5-4-6-8-13)16(21)20(10-9-17)11-14(18)19/h4-8,12,14-15H,3,9-11H2,1-2H3. The minimum Gasteiger partial charge on any atom is -0.335 e. The van der Waals surface area contributed by atoms with Gasteiger partial charge in [-0.2, -0.15) is 0 Å². The molecule has 2 atom stereocenters. The second-order valence-electron chi connectivity index (χ2n) is 5.14. The van der Waals surface area contributed by atoms with Gasteiger partial charge in [0.2, 0.25) is 5.91 Å². The molecule has 0 saturated heterocycles. The smallest absolute Gasteiger partial charge is 0.255 e. The first kappa shape index (κ1) is 17.9. The lowest BCUT2D eigenvalue weighted by atomic mass is 9.84. The Morgan fingerprint density at radius 1 is 1.29 bits per heavy atom. The normalized spacial score (nSPS) is 14.0. The van der Waals surface area contributed by atoms with Gasteiger partial charge in [0.1, 0.15) is 0 Å². The second-order valence-corrected chi connectivity index (χ2v) is 5.52. The first-order valence-electron chi connectivity index (χ1n) is 7.19. The van der Waals surface area contributed by atoms with E-state index in [1.807, 2.05) is 44.2 Å². The van der Waals surface area contributed by atoms with Crippen molar-refractivity contribution in [2.45, 2.75) is 32.6 Å². The Labute approximate surface area is 130 Å². The molecular weight excluding hydrogens is 296 g/mol. The van der Waals surface area contributed by atoms with Crippen LogP contribution in [0.5, 0.6) is 0 Å². The molecule has 0 fully saturated rings. The van der Waals surface area contributed by atoms with Crippen molar-refractivity contribution in [2.75, 3.05) is 19.0 Å². The molecule has 118 valence electrons. The number of hydrogen-bond acceptors (Lipinski definition) is 1. The van der Waals surface area contributed by atoms with Gasteiger partial charge in [-0.15, -0.1) is 11.6 Å². The van der Waals surface area contributed by atoms with Gasteiger partial charge in [0.15, 0.2) is 0 Å². The van der Waals surface area contributed by atoms with Gasteiger partial charge in [0, 0.05) is 12.4 Å². The Morgan fingerprint density at radius 2 is 1.90 bits per heavy atom. The Hall–Kier alpha value is -1.16. The van der Waals surface area contributed by atoms with Crippen molar-refractivity contribution in [1.29, 1.82) is 0 Å². The summed E-state index contributed by atoms with van der Waals surface area (Å²) in [5, 5.41) is 0. The molecule has 0 bridgehead atoms. The third kappa shape index (κ3) is 5.27. The monoisotopic (exact) mass is 317 g/mol. The van der Waals surface area contributed by atoms with Crippen LogP contribution in [-0.2, 0) is 4.79 Å². The van der Waals surface area contributed by atoms with E-state index in [1.165, 1.54) is 4.90 Å². The van der Waals surface area contributed by atoms with Crippen molar-refractivity contribution in [1.82, 2.24) is 4.90 Å². The summed E-state index contributed by atoms with van der Waals surface area (Å²) in [7, 11) is 0. The van der Waals surface area contributed by atoms with Gasteiger partial charge in [0.25, 0.3) is 6.43 Å². The fourth-order valence-corrected chi connectivity index (χ4v) is 2.57. The highest BCUT2D eigenvalue weighted by Gasteiger charge is 2.30. The van der Waals surface area contributed by atoms with E-state index in [0.29, 0.717) is 0 Å². The van der Waals surface area contributed by atoms with Crippen LogP contribution in [0, 0.1) is 5.92 Å². The van der Waals surface area contributed by atoms with Crippen molar-refractivity contribution in [2.24, 2.45) is 5.92 Å². The number of benzene rings is 1. The minimum atomic E-state index is -2.55. The maximum Gasteiger partial charge on any atom is 0.255 e. The van der Waals surface area contributed by atoms with E-state index in [9.17, 15) is 13.6 Å². The number of nitrogens with zero attached hydrogens (tertiary/aromatic N) is 1. The number of carbonyl (C=O) groups excluding carboxylic acids is 1. The van der Waals surface area contributed by atoms with E-state index < -0.39 is 18.9 Å². The topological polar surface area (TPSA) is 20.3 Å². The first-order valence-corrected chi connectivity index (χ1v) is 7.72. The molecule has 0 aromatic heterocycles. The molecule has 1 amide bonds. The third-order valence-electron chi connectivity index (χ3n) is 3.66. The van der Waals surface area contributed by atoms with E-state index >= 15 is 0 Å². The van der Waals surface area contributed by atoms with E-state index in [1.54, 1.807) is 0 Å². The zero-order valence-electron chi connectivity index (χ0n) is 12.4. The SMILES string of the molecule is CCC(C)C(C(=O)N(CCCl)CC(F)F)c1ccccc1. The van der Waals surface area contributed by atoms with Gasteiger partial charge in [-0.25, -0.2) is 8.78 Å². The predicted octanol–water partition coefficient (Wildman–Crippen LogP) is 4.15. The molecule has 1 aromatic carbocycles. The molecule has 21 heavy (non-hydrogen) atoms. The Bertz CT molecular complexity index is 428. The van der Waals surface area contributed by atoms with Crippen LogP contribution in [0.4, 0.5) is 8.78 Å². The molecule has 1 rings (SSSR count). The zero-order chi connectivity index (χ0) is 15.8. The second kappa shape index (κ2) is 8.98. The van der Waals surface area contributed by atoms with Crippen LogP contribution in [0.1, 0.15) is 31.7 Å². The van der Waals surface area contributed by atoms with Crippen LogP contribution in [0.2, 0.25) is 0 Å². The minimum absolute atomic E-state index is 0.0791. The molecule has 0 N–H and O–H groups in total. The fraction of sp³-hybridized carbons (Fsp3) is 0.562. The average molecular weight is 318 g/mol. The lowest BCUT2D eigenvalue weighted by Crippen LogP contribution is -2.41. The summed E-state index contributed by atoms with van der Waals surface area (Å²) >= 11 is 5.65. The van der Waals surface area contributed by atoms with Crippen molar-refractivity contribution >= 4 is 17.5 Å². The Balaban J connectivity index is 3.03. The molecule has 2 unspecified atom stereocenters. The summed E-state index contributed by atoms with van der Waals surface area (Å²) in [5.74, 6) is -0.439. The summed E-state index contributed by atoms with van der Waals surface area (Å²) in [6, 6.07) is 9.33. The highest BCUT2D eigenvalue weighted by molar-refractivity contribution is 6.18. The summed E-state index contributed by atoms with van der Waals surface area (Å²) in [4.78, 5) is 13.9. The van der Waals surface area contributed by atoms with E-state index in [2.05, 4.69) is 0 Å². The summed E-state index contributed by atoms with van der Waals surface area (Å²) in [6.45, 7) is 3.54. The summed E-state index contributed by atoms with van der Waals surface area (Å²) in [6.07, 6.45) is -1.75. The van der Waals surface area contributed by atoms with Crippen molar-refractivity contribution in [3.8, 4) is 0 Å². The fourth-order valence-electron chi connectivity index (χ4n) is 2.37. The number of rotatable bonds is 8. The van der Waals surface area contributed by atoms with Crippen LogP contribution >= 0.6 is 11.6 Å². The van der Waals surface area contributed by atoms with Gasteiger partial charge in [0.05, 0.1) is 12.5 Å². The summed E-state index contributed by atoms with van der Waals surface area (Å²) < 4.78 is 25.4. The van der Waals surface area contributed by atoms with Crippen molar-refractivity contribution in [3.05, 3.63) is 35.9 Å². The lowest BCUT2D eigenvalue weighted by molar-refractivity contribution is -0.135. The molecule has 0 spiro atoms. The van der Waals surface area contributed by atoms with Crippen molar-refractivity contribution < 1.29 is 13.6 Å². The number of alkyl halides is 3. The molecule has 0 aliphatic rings. The molecule has 0 radical (unpaired) electrons. The van der Waals surface area contributed by atoms with Gasteiger partial charge in [-0.05, 0) is 11.5 Å². The number of amides is 1. The zero-order valence-corrected chi connectivity index (χ0v) is 13.2. The van der Waals surface area contributed by atoms with Crippen LogP contribution in [0.25, 0.3) is 0 Å². The van der Waals surface area contributed by atoms with Gasteiger partial charge < -0.3 is 4.90 Å². The molecule has 0 saturated carbocycles. The van der Waals surface area contributed by atoms with Crippen LogP contribution in [-0.4, -0.2) is 36.2 Å². The van der Waals surface area contributed by atoms with Crippen LogP contribution in [0.15, 0.2) is 30.3 Å². The van der Waals surface area contributed by atoms with E-state index in [-0.39, 0.29) is 24.2 Å². The van der Waals surface area contributed by atoms with Gasteiger partial charge in [-0.1, -0.05) is 50.6 Å². The highest BCUT2D eigenvalue weighted by atomic mass is 35.5. The molecular formula is C16H22ClF2NO. The number of halogens is 3.